The molecule has 2 rings (SSSR count). The van der Waals surface area contributed by atoms with Crippen molar-refractivity contribution in [2.45, 2.75) is 6.54 Å². The summed E-state index contributed by atoms with van der Waals surface area (Å²) < 4.78 is 53.4. The second-order valence-corrected chi connectivity index (χ2v) is 4.24. The minimum Gasteiger partial charge on any atom is -0.396 e. The summed E-state index contributed by atoms with van der Waals surface area (Å²) in [5.74, 6) is -4.85. The second kappa shape index (κ2) is 5.82. The number of nitrogens with one attached hydrogen (secondary N) is 1. The predicted octanol–water partition coefficient (Wildman–Crippen LogP) is 2.76. The van der Waals surface area contributed by atoms with E-state index in [9.17, 15) is 22.4 Å². The SMILES string of the molecule is Nc1ccc(F)c(C(=O)NCc2cc(F)ccc2F)c1F. The molecule has 0 saturated carbocycles. The van der Waals surface area contributed by atoms with E-state index in [4.69, 9.17) is 5.73 Å². The number of anilines is 1. The Morgan fingerprint density at radius 1 is 1.05 bits per heavy atom. The summed E-state index contributed by atoms with van der Waals surface area (Å²) in [6, 6.07) is 4.50. The van der Waals surface area contributed by atoms with E-state index in [2.05, 4.69) is 5.32 Å². The number of carbonyl (C=O) groups excluding carboxylic acids is 1. The van der Waals surface area contributed by atoms with Crippen molar-refractivity contribution in [1.29, 1.82) is 0 Å². The quantitative estimate of drug-likeness (QED) is 0.676. The Labute approximate surface area is 117 Å². The van der Waals surface area contributed by atoms with Crippen LogP contribution in [0.15, 0.2) is 30.3 Å². The maximum absolute atomic E-state index is 13.6. The molecule has 0 fully saturated rings. The average molecular weight is 298 g/mol. The molecule has 7 heteroatoms. The molecule has 21 heavy (non-hydrogen) atoms. The third-order valence-corrected chi connectivity index (χ3v) is 2.80. The van der Waals surface area contributed by atoms with Crippen molar-refractivity contribution in [2.75, 3.05) is 5.73 Å². The maximum atomic E-state index is 13.6. The molecular formula is C14H10F4N2O. The Hall–Kier alpha value is -2.57. The van der Waals surface area contributed by atoms with Crippen LogP contribution in [0.1, 0.15) is 15.9 Å². The van der Waals surface area contributed by atoms with Crippen LogP contribution in [0.25, 0.3) is 0 Å². The van der Waals surface area contributed by atoms with Crippen LogP contribution in [0.5, 0.6) is 0 Å². The molecule has 110 valence electrons. The summed E-state index contributed by atoms with van der Waals surface area (Å²) in [5, 5.41) is 2.11. The van der Waals surface area contributed by atoms with Crippen LogP contribution in [-0.2, 0) is 6.54 Å². The van der Waals surface area contributed by atoms with Crippen molar-refractivity contribution in [3.05, 3.63) is 64.7 Å². The zero-order chi connectivity index (χ0) is 15.6. The van der Waals surface area contributed by atoms with Crippen molar-refractivity contribution in [3.8, 4) is 0 Å². The number of carbonyl (C=O) groups is 1. The summed E-state index contributed by atoms with van der Waals surface area (Å²) in [6.45, 7) is -0.421. The first-order valence-electron chi connectivity index (χ1n) is 5.85. The zero-order valence-corrected chi connectivity index (χ0v) is 10.6. The number of halogens is 4. The highest BCUT2D eigenvalue weighted by Gasteiger charge is 2.19. The van der Waals surface area contributed by atoms with Gasteiger partial charge in [-0.25, -0.2) is 17.6 Å². The van der Waals surface area contributed by atoms with Crippen molar-refractivity contribution >= 4 is 11.6 Å². The molecule has 0 saturated heterocycles. The van der Waals surface area contributed by atoms with E-state index in [1.807, 2.05) is 0 Å². The number of hydrogen-bond acceptors (Lipinski definition) is 2. The standard InChI is InChI=1S/C14H10F4N2O/c15-8-1-2-9(16)7(5-8)6-20-14(21)12-10(17)3-4-11(19)13(12)18/h1-5H,6,19H2,(H,20,21). The lowest BCUT2D eigenvalue weighted by atomic mass is 10.1. The highest BCUT2D eigenvalue weighted by molar-refractivity contribution is 5.95. The molecule has 3 N–H and O–H groups in total. The van der Waals surface area contributed by atoms with Crippen LogP contribution in [-0.4, -0.2) is 5.91 Å². The van der Waals surface area contributed by atoms with Gasteiger partial charge in [-0.3, -0.25) is 4.79 Å². The highest BCUT2D eigenvalue weighted by Crippen LogP contribution is 2.18. The lowest BCUT2D eigenvalue weighted by Crippen LogP contribution is -2.26. The first-order chi connectivity index (χ1) is 9.90. The fraction of sp³-hybridized carbons (Fsp3) is 0.0714. The summed E-state index contributed by atoms with van der Waals surface area (Å²) in [6.07, 6.45) is 0. The van der Waals surface area contributed by atoms with Gasteiger partial charge >= 0.3 is 0 Å². The normalized spacial score (nSPS) is 10.5. The van der Waals surface area contributed by atoms with Gasteiger partial charge in [0, 0.05) is 12.1 Å². The third-order valence-electron chi connectivity index (χ3n) is 2.80. The zero-order valence-electron chi connectivity index (χ0n) is 10.6. The lowest BCUT2D eigenvalue weighted by Gasteiger charge is -2.09. The molecule has 0 aliphatic carbocycles. The van der Waals surface area contributed by atoms with E-state index in [0.717, 1.165) is 30.3 Å². The van der Waals surface area contributed by atoms with Gasteiger partial charge < -0.3 is 11.1 Å². The Morgan fingerprint density at radius 2 is 1.71 bits per heavy atom. The topological polar surface area (TPSA) is 55.1 Å². The first kappa shape index (κ1) is 14.8. The van der Waals surface area contributed by atoms with Crippen LogP contribution >= 0.6 is 0 Å². The van der Waals surface area contributed by atoms with E-state index in [1.165, 1.54) is 0 Å². The van der Waals surface area contributed by atoms with Crippen LogP contribution < -0.4 is 11.1 Å². The average Bonchev–Trinajstić information content (AvgIpc) is 2.44. The van der Waals surface area contributed by atoms with E-state index < -0.39 is 47.0 Å². The number of rotatable bonds is 3. The Kier molecular flexibility index (Phi) is 4.11. The molecule has 0 atom stereocenters. The summed E-state index contributed by atoms with van der Waals surface area (Å²) >= 11 is 0. The largest absolute Gasteiger partial charge is 0.396 e. The molecule has 0 spiro atoms. The molecular weight excluding hydrogens is 288 g/mol. The van der Waals surface area contributed by atoms with E-state index in [0.29, 0.717) is 0 Å². The molecule has 2 aromatic rings. The Morgan fingerprint density at radius 3 is 2.43 bits per heavy atom. The van der Waals surface area contributed by atoms with Gasteiger partial charge in [-0.05, 0) is 30.3 Å². The fourth-order valence-electron chi connectivity index (χ4n) is 1.72. The number of nitrogens with two attached hydrogens (primary N) is 1. The number of nitrogen functional groups attached to an aromatic ring is 1. The summed E-state index contributed by atoms with van der Waals surface area (Å²) in [4.78, 5) is 11.7. The van der Waals surface area contributed by atoms with Gasteiger partial charge in [0.25, 0.3) is 5.91 Å². The minimum atomic E-state index is -1.20. The van der Waals surface area contributed by atoms with Crippen LogP contribution in [0.4, 0.5) is 23.2 Å². The minimum absolute atomic E-state index is 0.145. The summed E-state index contributed by atoms with van der Waals surface area (Å²) in [7, 11) is 0. The smallest absolute Gasteiger partial charge is 0.257 e. The molecule has 2 aromatic carbocycles. The molecule has 0 bridgehead atoms. The first-order valence-corrected chi connectivity index (χ1v) is 5.85. The molecule has 0 aliphatic heterocycles. The van der Waals surface area contributed by atoms with Crippen LogP contribution in [0.2, 0.25) is 0 Å². The predicted molar refractivity (Wildman–Crippen MR) is 68.3 cm³/mol. The second-order valence-electron chi connectivity index (χ2n) is 4.24. The summed E-state index contributed by atoms with van der Waals surface area (Å²) in [5.41, 5.74) is 3.84. The van der Waals surface area contributed by atoms with Gasteiger partial charge in [-0.1, -0.05) is 0 Å². The Bertz CT molecular complexity index is 704. The molecule has 0 radical (unpaired) electrons. The van der Waals surface area contributed by atoms with E-state index in [-0.39, 0.29) is 5.56 Å². The van der Waals surface area contributed by atoms with Crippen molar-refractivity contribution in [1.82, 2.24) is 5.32 Å². The van der Waals surface area contributed by atoms with Gasteiger partial charge in [0.15, 0.2) is 5.82 Å². The molecule has 0 unspecified atom stereocenters. The van der Waals surface area contributed by atoms with E-state index in [1.54, 1.807) is 0 Å². The monoisotopic (exact) mass is 298 g/mol. The number of amides is 1. The molecule has 1 amide bonds. The highest BCUT2D eigenvalue weighted by atomic mass is 19.1. The van der Waals surface area contributed by atoms with Gasteiger partial charge in [0.05, 0.1) is 5.69 Å². The van der Waals surface area contributed by atoms with Gasteiger partial charge in [-0.2, -0.15) is 0 Å². The van der Waals surface area contributed by atoms with Gasteiger partial charge in [-0.15, -0.1) is 0 Å². The van der Waals surface area contributed by atoms with Crippen molar-refractivity contribution in [3.63, 3.8) is 0 Å². The fourth-order valence-corrected chi connectivity index (χ4v) is 1.72. The van der Waals surface area contributed by atoms with Crippen molar-refractivity contribution in [2.24, 2.45) is 0 Å². The van der Waals surface area contributed by atoms with Crippen LogP contribution in [0, 0.1) is 23.3 Å². The van der Waals surface area contributed by atoms with E-state index >= 15 is 0 Å². The van der Waals surface area contributed by atoms with Gasteiger partial charge in [0.1, 0.15) is 23.0 Å². The molecule has 0 aromatic heterocycles. The lowest BCUT2D eigenvalue weighted by molar-refractivity contribution is 0.0942. The number of benzene rings is 2. The van der Waals surface area contributed by atoms with Crippen molar-refractivity contribution < 1.29 is 22.4 Å². The van der Waals surface area contributed by atoms with Gasteiger partial charge in [0.2, 0.25) is 0 Å². The molecule has 0 heterocycles. The maximum Gasteiger partial charge on any atom is 0.257 e. The number of hydrogen-bond donors (Lipinski definition) is 2. The third kappa shape index (κ3) is 3.13. The molecule has 3 nitrogen and oxygen atoms in total. The Balaban J connectivity index is 2.20. The van der Waals surface area contributed by atoms with Crippen LogP contribution in [0.3, 0.4) is 0 Å². The molecule has 0 aliphatic rings.